The third-order valence-electron chi connectivity index (χ3n) is 4.18. The number of hydrogen-bond acceptors (Lipinski definition) is 5. The van der Waals surface area contributed by atoms with Crippen LogP contribution in [-0.4, -0.2) is 41.4 Å². The highest BCUT2D eigenvalue weighted by molar-refractivity contribution is 5.97. The molecule has 0 spiro atoms. The summed E-state index contributed by atoms with van der Waals surface area (Å²) < 4.78 is 11.9. The Morgan fingerprint density at radius 2 is 1.92 bits per heavy atom. The molecule has 1 aromatic carbocycles. The number of esters is 1. The zero-order valence-corrected chi connectivity index (χ0v) is 15.6. The van der Waals surface area contributed by atoms with Gasteiger partial charge in [0, 0.05) is 0 Å². The van der Waals surface area contributed by atoms with Gasteiger partial charge in [-0.2, -0.15) is 5.10 Å². The van der Waals surface area contributed by atoms with Crippen molar-refractivity contribution in [1.82, 2.24) is 15.1 Å². The van der Waals surface area contributed by atoms with Gasteiger partial charge in [-0.05, 0) is 25.0 Å². The Morgan fingerprint density at radius 1 is 1.23 bits per heavy atom. The number of ether oxygens (including phenoxy) is 2. The van der Waals surface area contributed by atoms with Gasteiger partial charge in [-0.15, -0.1) is 0 Å². The summed E-state index contributed by atoms with van der Waals surface area (Å²) in [5.41, 5.74) is 0.919. The van der Waals surface area contributed by atoms with Gasteiger partial charge in [0.15, 0.2) is 11.4 Å². The van der Waals surface area contributed by atoms with Crippen molar-refractivity contribution in [2.45, 2.75) is 33.2 Å². The monoisotopic (exact) mass is 359 g/mol. The lowest BCUT2D eigenvalue weighted by atomic mass is 9.99. The standard InChI is InChI=1S/C19H25N3O4/c1-5-13(3)16(19(24)26-6-2)20-18(23)17-15(25-4)12-22(21-17)14-10-8-7-9-11-14/h7-13,16H,5-6H2,1-4H3,(H,20,23). The molecule has 0 saturated carbocycles. The van der Waals surface area contributed by atoms with E-state index in [4.69, 9.17) is 9.47 Å². The predicted octanol–water partition coefficient (Wildman–Crippen LogP) is 2.59. The first-order chi connectivity index (χ1) is 12.5. The number of rotatable bonds is 8. The molecule has 1 amide bonds. The molecule has 26 heavy (non-hydrogen) atoms. The lowest BCUT2D eigenvalue weighted by Crippen LogP contribution is -2.46. The minimum atomic E-state index is -0.737. The largest absolute Gasteiger partial charge is 0.493 e. The van der Waals surface area contributed by atoms with Crippen molar-refractivity contribution in [3.8, 4) is 11.4 Å². The molecule has 7 heteroatoms. The molecule has 2 rings (SSSR count). The fraction of sp³-hybridized carbons (Fsp3) is 0.421. The van der Waals surface area contributed by atoms with Crippen LogP contribution >= 0.6 is 0 Å². The molecule has 0 radical (unpaired) electrons. The van der Waals surface area contributed by atoms with Crippen molar-refractivity contribution in [2.24, 2.45) is 5.92 Å². The zero-order chi connectivity index (χ0) is 19.1. The summed E-state index contributed by atoms with van der Waals surface area (Å²) in [6.07, 6.45) is 2.35. The minimum absolute atomic E-state index is 0.0693. The molecule has 0 aliphatic carbocycles. The van der Waals surface area contributed by atoms with E-state index in [9.17, 15) is 9.59 Å². The van der Waals surface area contributed by atoms with Crippen LogP contribution in [-0.2, 0) is 9.53 Å². The first-order valence-corrected chi connectivity index (χ1v) is 8.68. The highest BCUT2D eigenvalue weighted by Crippen LogP contribution is 2.20. The molecule has 0 aliphatic rings. The average molecular weight is 359 g/mol. The molecule has 0 bridgehead atoms. The molecule has 2 aromatic rings. The predicted molar refractivity (Wildman–Crippen MR) is 97.5 cm³/mol. The van der Waals surface area contributed by atoms with Crippen molar-refractivity contribution >= 4 is 11.9 Å². The number of methoxy groups -OCH3 is 1. The molecule has 2 atom stereocenters. The molecule has 140 valence electrons. The normalized spacial score (nSPS) is 12.9. The van der Waals surface area contributed by atoms with Gasteiger partial charge in [0.2, 0.25) is 0 Å². The maximum Gasteiger partial charge on any atom is 0.328 e. The Kier molecular flexibility index (Phi) is 6.77. The van der Waals surface area contributed by atoms with E-state index in [1.165, 1.54) is 7.11 Å². The SMILES string of the molecule is CCOC(=O)C(NC(=O)c1nn(-c2ccccc2)cc1OC)C(C)CC. The van der Waals surface area contributed by atoms with Gasteiger partial charge < -0.3 is 14.8 Å². The van der Waals surface area contributed by atoms with E-state index in [1.807, 2.05) is 44.2 Å². The Morgan fingerprint density at radius 3 is 2.50 bits per heavy atom. The molecule has 7 nitrogen and oxygen atoms in total. The van der Waals surface area contributed by atoms with Gasteiger partial charge >= 0.3 is 5.97 Å². The van der Waals surface area contributed by atoms with Crippen LogP contribution in [0.1, 0.15) is 37.7 Å². The minimum Gasteiger partial charge on any atom is -0.493 e. The van der Waals surface area contributed by atoms with Crippen LogP contribution in [0.3, 0.4) is 0 Å². The Bertz CT molecular complexity index is 742. The number of nitrogens with one attached hydrogen (secondary N) is 1. The summed E-state index contributed by atoms with van der Waals surface area (Å²) in [7, 11) is 1.47. The van der Waals surface area contributed by atoms with Crippen molar-refractivity contribution in [3.63, 3.8) is 0 Å². The Balaban J connectivity index is 2.27. The lowest BCUT2D eigenvalue weighted by Gasteiger charge is -2.22. The van der Waals surface area contributed by atoms with E-state index in [2.05, 4.69) is 10.4 Å². The quantitative estimate of drug-likeness (QED) is 0.733. The van der Waals surface area contributed by atoms with Gasteiger partial charge in [-0.25, -0.2) is 9.48 Å². The summed E-state index contributed by atoms with van der Waals surface area (Å²) in [4.78, 5) is 24.9. The van der Waals surface area contributed by atoms with Gasteiger partial charge in [-0.3, -0.25) is 4.79 Å². The average Bonchev–Trinajstić information content (AvgIpc) is 3.10. The van der Waals surface area contributed by atoms with Crippen molar-refractivity contribution in [3.05, 3.63) is 42.2 Å². The Labute approximate surface area is 153 Å². The van der Waals surface area contributed by atoms with Crippen LogP contribution in [0, 0.1) is 5.92 Å². The molecule has 0 aliphatic heterocycles. The number of carbonyl (C=O) groups excluding carboxylic acids is 2. The summed E-state index contributed by atoms with van der Waals surface area (Å²) in [6.45, 7) is 5.83. The summed E-state index contributed by atoms with van der Waals surface area (Å²) in [5.74, 6) is -0.662. The van der Waals surface area contributed by atoms with E-state index in [0.29, 0.717) is 5.75 Å². The van der Waals surface area contributed by atoms with Crippen LogP contribution in [0.4, 0.5) is 0 Å². The molecular weight excluding hydrogens is 334 g/mol. The molecule has 0 saturated heterocycles. The number of aromatic nitrogens is 2. The van der Waals surface area contributed by atoms with E-state index in [-0.39, 0.29) is 18.2 Å². The second-order valence-corrected chi connectivity index (χ2v) is 5.91. The van der Waals surface area contributed by atoms with Gasteiger partial charge in [0.1, 0.15) is 6.04 Å². The second kappa shape index (κ2) is 9.03. The first-order valence-electron chi connectivity index (χ1n) is 8.68. The second-order valence-electron chi connectivity index (χ2n) is 5.91. The Hall–Kier alpha value is -2.83. The molecular formula is C19H25N3O4. The van der Waals surface area contributed by atoms with Gasteiger partial charge in [-0.1, -0.05) is 38.5 Å². The molecule has 1 heterocycles. The number of carbonyl (C=O) groups is 2. The van der Waals surface area contributed by atoms with E-state index in [0.717, 1.165) is 12.1 Å². The van der Waals surface area contributed by atoms with Crippen LogP contribution in [0.2, 0.25) is 0 Å². The summed E-state index contributed by atoms with van der Waals surface area (Å²) in [5, 5.41) is 7.06. The maximum atomic E-state index is 12.7. The molecule has 1 aromatic heterocycles. The van der Waals surface area contributed by atoms with Crippen molar-refractivity contribution < 1.29 is 19.1 Å². The number of amides is 1. The van der Waals surface area contributed by atoms with Crippen LogP contribution in [0.25, 0.3) is 5.69 Å². The van der Waals surface area contributed by atoms with E-state index < -0.39 is 17.9 Å². The van der Waals surface area contributed by atoms with Gasteiger partial charge in [0.05, 0.1) is 25.6 Å². The first kappa shape index (κ1) is 19.5. The third-order valence-corrected chi connectivity index (χ3v) is 4.18. The smallest absolute Gasteiger partial charge is 0.328 e. The molecule has 0 fully saturated rings. The maximum absolute atomic E-state index is 12.7. The van der Waals surface area contributed by atoms with E-state index >= 15 is 0 Å². The fourth-order valence-corrected chi connectivity index (χ4v) is 2.49. The van der Waals surface area contributed by atoms with E-state index in [1.54, 1.807) is 17.8 Å². The van der Waals surface area contributed by atoms with Crippen LogP contribution < -0.4 is 10.1 Å². The van der Waals surface area contributed by atoms with Crippen LogP contribution in [0.15, 0.2) is 36.5 Å². The third kappa shape index (κ3) is 4.41. The highest BCUT2D eigenvalue weighted by Gasteiger charge is 2.29. The number of para-hydroxylation sites is 1. The zero-order valence-electron chi connectivity index (χ0n) is 15.6. The summed E-state index contributed by atoms with van der Waals surface area (Å²) in [6, 6.07) is 8.66. The lowest BCUT2D eigenvalue weighted by molar-refractivity contribution is -0.146. The van der Waals surface area contributed by atoms with Gasteiger partial charge in [0.25, 0.3) is 5.91 Å². The van der Waals surface area contributed by atoms with Crippen molar-refractivity contribution in [1.29, 1.82) is 0 Å². The van der Waals surface area contributed by atoms with Crippen molar-refractivity contribution in [2.75, 3.05) is 13.7 Å². The number of nitrogens with zero attached hydrogens (tertiary/aromatic N) is 2. The highest BCUT2D eigenvalue weighted by atomic mass is 16.5. The number of benzene rings is 1. The molecule has 1 N–H and O–H groups in total. The fourth-order valence-electron chi connectivity index (χ4n) is 2.49. The number of hydrogen-bond donors (Lipinski definition) is 1. The summed E-state index contributed by atoms with van der Waals surface area (Å²) >= 11 is 0. The van der Waals surface area contributed by atoms with Crippen LogP contribution in [0.5, 0.6) is 5.75 Å². The topological polar surface area (TPSA) is 82.5 Å². The molecule has 2 unspecified atom stereocenters.